The van der Waals surface area contributed by atoms with E-state index >= 15 is 0 Å². The van der Waals surface area contributed by atoms with E-state index in [0.29, 0.717) is 0 Å². The van der Waals surface area contributed by atoms with Crippen molar-refractivity contribution >= 4 is 17.0 Å². The van der Waals surface area contributed by atoms with Gasteiger partial charge in [-0.1, -0.05) is 32.9 Å². The van der Waals surface area contributed by atoms with E-state index in [1.165, 1.54) is 10.4 Å². The lowest BCUT2D eigenvalue weighted by Gasteiger charge is -2.21. The van der Waals surface area contributed by atoms with Crippen molar-refractivity contribution < 1.29 is 4.74 Å². The summed E-state index contributed by atoms with van der Waals surface area (Å²) in [6, 6.07) is 10.6. The van der Waals surface area contributed by atoms with Gasteiger partial charge in [0.2, 0.25) is 0 Å². The molecule has 0 saturated heterocycles. The van der Waals surface area contributed by atoms with Crippen LogP contribution in [0.15, 0.2) is 35.7 Å². The lowest BCUT2D eigenvalue weighted by molar-refractivity contribution is 0.416. The SMILES string of the molecule is COc1ccc(C(C)(C)C)cc1NCc1cccs1. The topological polar surface area (TPSA) is 21.3 Å². The van der Waals surface area contributed by atoms with Crippen molar-refractivity contribution in [3.63, 3.8) is 0 Å². The van der Waals surface area contributed by atoms with Gasteiger partial charge >= 0.3 is 0 Å². The summed E-state index contributed by atoms with van der Waals surface area (Å²) in [6.07, 6.45) is 0. The molecule has 102 valence electrons. The first-order chi connectivity index (χ1) is 9.00. The van der Waals surface area contributed by atoms with E-state index in [9.17, 15) is 0 Å². The minimum absolute atomic E-state index is 0.144. The van der Waals surface area contributed by atoms with Crippen LogP contribution in [0.2, 0.25) is 0 Å². The Labute approximate surface area is 119 Å². The molecule has 1 aromatic carbocycles. The van der Waals surface area contributed by atoms with Gasteiger partial charge < -0.3 is 10.1 Å². The number of hydrogen-bond acceptors (Lipinski definition) is 3. The third kappa shape index (κ3) is 3.51. The van der Waals surface area contributed by atoms with Crippen LogP contribution in [0.4, 0.5) is 5.69 Å². The van der Waals surface area contributed by atoms with Gasteiger partial charge in [-0.05, 0) is 34.6 Å². The molecule has 0 aliphatic heterocycles. The minimum Gasteiger partial charge on any atom is -0.495 e. The third-order valence-corrected chi connectivity index (χ3v) is 3.98. The minimum atomic E-state index is 0.144. The maximum Gasteiger partial charge on any atom is 0.141 e. The van der Waals surface area contributed by atoms with Crippen LogP contribution in [-0.2, 0) is 12.0 Å². The molecule has 0 radical (unpaired) electrons. The Morgan fingerprint density at radius 2 is 2.00 bits per heavy atom. The van der Waals surface area contributed by atoms with Gasteiger partial charge in [0.05, 0.1) is 12.8 Å². The number of rotatable bonds is 4. The molecule has 0 aliphatic rings. The van der Waals surface area contributed by atoms with E-state index in [0.717, 1.165) is 18.0 Å². The molecule has 0 aliphatic carbocycles. The average Bonchev–Trinajstić information content (AvgIpc) is 2.88. The Morgan fingerprint density at radius 1 is 1.21 bits per heavy atom. The van der Waals surface area contributed by atoms with Gasteiger partial charge in [-0.25, -0.2) is 0 Å². The second-order valence-corrected chi connectivity index (χ2v) is 6.63. The Kier molecular flexibility index (Phi) is 4.15. The number of nitrogens with one attached hydrogen (secondary N) is 1. The maximum atomic E-state index is 5.42. The van der Waals surface area contributed by atoms with E-state index < -0.39 is 0 Å². The number of benzene rings is 1. The predicted octanol–water partition coefficient (Wildman–Crippen LogP) is 4.67. The molecule has 1 N–H and O–H groups in total. The molecular weight excluding hydrogens is 254 g/mol. The lowest BCUT2D eigenvalue weighted by Crippen LogP contribution is -2.12. The first kappa shape index (κ1) is 13.9. The molecular formula is C16H21NOS. The van der Waals surface area contributed by atoms with Crippen LogP contribution < -0.4 is 10.1 Å². The first-order valence-electron chi connectivity index (χ1n) is 6.45. The fourth-order valence-corrected chi connectivity index (χ4v) is 2.55. The van der Waals surface area contributed by atoms with Crippen molar-refractivity contribution in [3.05, 3.63) is 46.2 Å². The molecule has 19 heavy (non-hydrogen) atoms. The molecule has 0 atom stereocenters. The monoisotopic (exact) mass is 275 g/mol. The summed E-state index contributed by atoms with van der Waals surface area (Å²) in [4.78, 5) is 1.32. The van der Waals surface area contributed by atoms with Crippen LogP contribution in [0.3, 0.4) is 0 Å². The van der Waals surface area contributed by atoms with Crippen LogP contribution in [0.25, 0.3) is 0 Å². The molecule has 1 aromatic heterocycles. The fraction of sp³-hybridized carbons (Fsp3) is 0.375. The summed E-state index contributed by atoms with van der Waals surface area (Å²) in [5.74, 6) is 0.893. The number of methoxy groups -OCH3 is 1. The van der Waals surface area contributed by atoms with Crippen molar-refractivity contribution in [3.8, 4) is 5.75 Å². The lowest BCUT2D eigenvalue weighted by atomic mass is 9.87. The van der Waals surface area contributed by atoms with Crippen molar-refractivity contribution in [1.29, 1.82) is 0 Å². The van der Waals surface area contributed by atoms with Gasteiger partial charge in [-0.2, -0.15) is 0 Å². The number of hydrogen-bond donors (Lipinski definition) is 1. The highest BCUT2D eigenvalue weighted by Crippen LogP contribution is 2.31. The zero-order valence-corrected chi connectivity index (χ0v) is 12.8. The molecule has 0 saturated carbocycles. The summed E-state index contributed by atoms with van der Waals surface area (Å²) >= 11 is 1.76. The van der Waals surface area contributed by atoms with Crippen molar-refractivity contribution in [2.45, 2.75) is 32.7 Å². The molecule has 0 fully saturated rings. The van der Waals surface area contributed by atoms with E-state index in [4.69, 9.17) is 4.74 Å². The van der Waals surface area contributed by atoms with Gasteiger partial charge in [0, 0.05) is 11.4 Å². The van der Waals surface area contributed by atoms with Gasteiger partial charge in [0.1, 0.15) is 5.75 Å². The zero-order valence-electron chi connectivity index (χ0n) is 12.0. The molecule has 1 heterocycles. The number of thiophene rings is 1. The van der Waals surface area contributed by atoms with Gasteiger partial charge in [-0.15, -0.1) is 11.3 Å². The Bertz CT molecular complexity index is 526. The van der Waals surface area contributed by atoms with Crippen LogP contribution in [0, 0.1) is 0 Å². The number of ether oxygens (including phenoxy) is 1. The third-order valence-electron chi connectivity index (χ3n) is 3.10. The molecule has 2 nitrogen and oxygen atoms in total. The molecule has 0 unspecified atom stereocenters. The van der Waals surface area contributed by atoms with E-state index in [2.05, 4.69) is 55.7 Å². The van der Waals surface area contributed by atoms with E-state index in [1.54, 1.807) is 18.4 Å². The van der Waals surface area contributed by atoms with Crippen LogP contribution in [-0.4, -0.2) is 7.11 Å². The molecule has 2 rings (SSSR count). The molecule has 0 spiro atoms. The highest BCUT2D eigenvalue weighted by Gasteiger charge is 2.15. The average molecular weight is 275 g/mol. The van der Waals surface area contributed by atoms with Crippen molar-refractivity contribution in [1.82, 2.24) is 0 Å². The predicted molar refractivity (Wildman–Crippen MR) is 83.3 cm³/mol. The highest BCUT2D eigenvalue weighted by atomic mass is 32.1. The largest absolute Gasteiger partial charge is 0.495 e. The Hall–Kier alpha value is -1.48. The van der Waals surface area contributed by atoms with E-state index in [-0.39, 0.29) is 5.41 Å². The van der Waals surface area contributed by atoms with Gasteiger partial charge in [-0.3, -0.25) is 0 Å². The van der Waals surface area contributed by atoms with Gasteiger partial charge in [0.25, 0.3) is 0 Å². The summed E-state index contributed by atoms with van der Waals surface area (Å²) in [7, 11) is 1.71. The normalized spacial score (nSPS) is 11.4. The maximum absolute atomic E-state index is 5.42. The molecule has 3 heteroatoms. The van der Waals surface area contributed by atoms with Crippen molar-refractivity contribution in [2.75, 3.05) is 12.4 Å². The molecule has 0 bridgehead atoms. The number of anilines is 1. The first-order valence-corrected chi connectivity index (χ1v) is 7.33. The quantitative estimate of drug-likeness (QED) is 0.875. The van der Waals surface area contributed by atoms with Gasteiger partial charge in [0.15, 0.2) is 0 Å². The smallest absolute Gasteiger partial charge is 0.141 e. The second kappa shape index (κ2) is 5.66. The Morgan fingerprint density at radius 3 is 2.58 bits per heavy atom. The van der Waals surface area contributed by atoms with Crippen LogP contribution in [0.5, 0.6) is 5.75 Å². The Balaban J connectivity index is 2.21. The summed E-state index contributed by atoms with van der Waals surface area (Å²) in [5.41, 5.74) is 2.51. The second-order valence-electron chi connectivity index (χ2n) is 5.60. The molecule has 0 amide bonds. The van der Waals surface area contributed by atoms with Crippen LogP contribution in [0.1, 0.15) is 31.2 Å². The fourth-order valence-electron chi connectivity index (χ4n) is 1.91. The van der Waals surface area contributed by atoms with Crippen LogP contribution >= 0.6 is 11.3 Å². The van der Waals surface area contributed by atoms with Crippen molar-refractivity contribution in [2.24, 2.45) is 0 Å². The summed E-state index contributed by atoms with van der Waals surface area (Å²) < 4.78 is 5.42. The standard InChI is InChI=1S/C16H21NOS/c1-16(2,3)12-7-8-15(18-4)14(10-12)17-11-13-6-5-9-19-13/h5-10,17H,11H2,1-4H3. The molecule has 2 aromatic rings. The summed E-state index contributed by atoms with van der Waals surface area (Å²) in [5, 5.41) is 5.56. The highest BCUT2D eigenvalue weighted by molar-refractivity contribution is 7.09. The zero-order chi connectivity index (χ0) is 13.9. The summed E-state index contributed by atoms with van der Waals surface area (Å²) in [6.45, 7) is 7.50. The van der Waals surface area contributed by atoms with E-state index in [1.807, 2.05) is 6.07 Å².